The Morgan fingerprint density at radius 1 is 1.15 bits per heavy atom. The number of carbonyl (C=O) groups is 1. The van der Waals surface area contributed by atoms with Gasteiger partial charge in [0.1, 0.15) is 6.26 Å². The highest BCUT2D eigenvalue weighted by Crippen LogP contribution is 2.32. The third-order valence-electron chi connectivity index (χ3n) is 5.62. The Labute approximate surface area is 202 Å². The number of aromatic nitrogens is 1. The Morgan fingerprint density at radius 3 is 2.76 bits per heavy atom. The summed E-state index contributed by atoms with van der Waals surface area (Å²) in [7, 11) is 0. The van der Waals surface area contributed by atoms with Crippen LogP contribution in [-0.4, -0.2) is 28.6 Å². The summed E-state index contributed by atoms with van der Waals surface area (Å²) in [5, 5.41) is 4.08. The molecular formula is C24H25Cl2N3O4. The summed E-state index contributed by atoms with van der Waals surface area (Å²) < 4.78 is 16.3. The highest BCUT2D eigenvalue weighted by atomic mass is 35.5. The summed E-state index contributed by atoms with van der Waals surface area (Å²) in [6, 6.07) is 11.3. The van der Waals surface area contributed by atoms with Gasteiger partial charge in [-0.1, -0.05) is 42.3 Å². The van der Waals surface area contributed by atoms with Crippen molar-refractivity contribution in [1.29, 1.82) is 0 Å². The second-order valence-corrected chi connectivity index (χ2v) is 8.74. The molecule has 4 rings (SSSR count). The van der Waals surface area contributed by atoms with E-state index >= 15 is 0 Å². The first-order valence-corrected chi connectivity index (χ1v) is 11.5. The molecule has 0 saturated carbocycles. The van der Waals surface area contributed by atoms with Gasteiger partial charge in [-0.15, -0.1) is 0 Å². The number of ether oxygens (including phenoxy) is 2. The molecule has 33 heavy (non-hydrogen) atoms. The van der Waals surface area contributed by atoms with Crippen molar-refractivity contribution in [2.24, 2.45) is 0 Å². The summed E-state index contributed by atoms with van der Waals surface area (Å²) in [5.41, 5.74) is 2.10. The fraction of sp³-hybridized carbons (Fsp3) is 0.333. The fourth-order valence-electron chi connectivity index (χ4n) is 3.48. The molecule has 0 aliphatic carbocycles. The lowest BCUT2D eigenvalue weighted by atomic mass is 10.1. The summed E-state index contributed by atoms with van der Waals surface area (Å²) in [6.45, 7) is 5.86. The zero-order chi connectivity index (χ0) is 23.4. The maximum Gasteiger partial charge on any atom is 0.273 e. The number of fused-ring (bicyclic) bond motifs is 1. The van der Waals surface area contributed by atoms with Crippen LogP contribution in [-0.2, 0) is 19.6 Å². The van der Waals surface area contributed by atoms with E-state index in [0.717, 1.165) is 17.5 Å². The molecule has 0 fully saturated rings. The van der Waals surface area contributed by atoms with Crippen LogP contribution in [0.15, 0.2) is 47.1 Å². The minimum Gasteiger partial charge on any atom is -0.454 e. The SMILES string of the molecule is CCC(C)N(Cc1nc(C(=O)NCc2ccc3c(c2)OCO3)co1)Cc1ccc(Cl)cc1Cl. The van der Waals surface area contributed by atoms with Crippen LogP contribution in [0.4, 0.5) is 0 Å². The summed E-state index contributed by atoms with van der Waals surface area (Å²) in [6.07, 6.45) is 2.32. The first-order valence-electron chi connectivity index (χ1n) is 10.7. The average molecular weight is 490 g/mol. The second-order valence-electron chi connectivity index (χ2n) is 7.89. The molecule has 174 valence electrons. The van der Waals surface area contributed by atoms with Gasteiger partial charge < -0.3 is 19.2 Å². The quantitative estimate of drug-likeness (QED) is 0.431. The molecule has 1 atom stereocenters. The van der Waals surface area contributed by atoms with Crippen LogP contribution in [0.1, 0.15) is 47.8 Å². The molecule has 9 heteroatoms. The number of nitrogens with zero attached hydrogens (tertiary/aromatic N) is 2. The van der Waals surface area contributed by atoms with E-state index in [1.807, 2.05) is 30.3 Å². The van der Waals surface area contributed by atoms with Crippen molar-refractivity contribution in [3.8, 4) is 11.5 Å². The van der Waals surface area contributed by atoms with Gasteiger partial charge in [-0.2, -0.15) is 0 Å². The molecule has 0 radical (unpaired) electrons. The molecule has 0 bridgehead atoms. The Balaban J connectivity index is 1.38. The van der Waals surface area contributed by atoms with Crippen LogP contribution in [0.5, 0.6) is 11.5 Å². The molecule has 7 nitrogen and oxygen atoms in total. The molecule has 1 aliphatic rings. The van der Waals surface area contributed by atoms with Gasteiger partial charge in [0.15, 0.2) is 17.2 Å². The molecule has 1 aliphatic heterocycles. The van der Waals surface area contributed by atoms with Crippen molar-refractivity contribution in [2.75, 3.05) is 6.79 Å². The van der Waals surface area contributed by atoms with Crippen molar-refractivity contribution in [3.63, 3.8) is 0 Å². The fourth-order valence-corrected chi connectivity index (χ4v) is 3.95. The van der Waals surface area contributed by atoms with E-state index in [-0.39, 0.29) is 24.4 Å². The number of hydrogen-bond acceptors (Lipinski definition) is 6. The Kier molecular flexibility index (Phi) is 7.42. The van der Waals surface area contributed by atoms with E-state index < -0.39 is 0 Å². The lowest BCUT2D eigenvalue weighted by Crippen LogP contribution is -2.32. The van der Waals surface area contributed by atoms with E-state index in [0.29, 0.717) is 47.1 Å². The lowest BCUT2D eigenvalue weighted by molar-refractivity contribution is 0.0945. The first-order chi connectivity index (χ1) is 15.9. The Hall–Kier alpha value is -2.74. The molecule has 1 aromatic heterocycles. The van der Waals surface area contributed by atoms with Gasteiger partial charge in [0.25, 0.3) is 5.91 Å². The van der Waals surface area contributed by atoms with Crippen molar-refractivity contribution in [1.82, 2.24) is 15.2 Å². The van der Waals surface area contributed by atoms with Gasteiger partial charge in [0, 0.05) is 29.2 Å². The van der Waals surface area contributed by atoms with Gasteiger partial charge in [-0.3, -0.25) is 9.69 Å². The van der Waals surface area contributed by atoms with Gasteiger partial charge >= 0.3 is 0 Å². The normalized spacial score (nSPS) is 13.4. The first kappa shape index (κ1) is 23.4. The number of benzene rings is 2. The molecule has 0 spiro atoms. The van der Waals surface area contributed by atoms with Gasteiger partial charge in [-0.05, 0) is 48.7 Å². The van der Waals surface area contributed by atoms with E-state index in [1.54, 1.807) is 6.07 Å². The molecule has 2 heterocycles. The van der Waals surface area contributed by atoms with Crippen LogP contribution in [0.2, 0.25) is 10.0 Å². The summed E-state index contributed by atoms with van der Waals surface area (Å²) >= 11 is 12.4. The zero-order valence-electron chi connectivity index (χ0n) is 18.4. The number of halogens is 2. The maximum absolute atomic E-state index is 12.6. The molecule has 1 unspecified atom stereocenters. The van der Waals surface area contributed by atoms with Crippen LogP contribution in [0.3, 0.4) is 0 Å². The van der Waals surface area contributed by atoms with E-state index in [2.05, 4.69) is 29.0 Å². The highest BCUT2D eigenvalue weighted by Gasteiger charge is 2.20. The topological polar surface area (TPSA) is 76.8 Å². The van der Waals surface area contributed by atoms with Crippen molar-refractivity contribution in [2.45, 2.75) is 45.9 Å². The molecule has 1 amide bonds. The van der Waals surface area contributed by atoms with E-state index in [1.165, 1.54) is 6.26 Å². The molecule has 3 aromatic rings. The monoisotopic (exact) mass is 489 g/mol. The molecule has 2 aromatic carbocycles. The van der Waals surface area contributed by atoms with Crippen LogP contribution in [0, 0.1) is 0 Å². The predicted octanol–water partition coefficient (Wildman–Crippen LogP) is 5.44. The van der Waals surface area contributed by atoms with Crippen molar-refractivity contribution < 1.29 is 18.7 Å². The summed E-state index contributed by atoms with van der Waals surface area (Å²) in [5.74, 6) is 1.54. The largest absolute Gasteiger partial charge is 0.454 e. The number of hydrogen-bond donors (Lipinski definition) is 1. The zero-order valence-corrected chi connectivity index (χ0v) is 19.9. The Morgan fingerprint density at radius 2 is 1.97 bits per heavy atom. The van der Waals surface area contributed by atoms with Gasteiger partial charge in [0.2, 0.25) is 12.7 Å². The second kappa shape index (κ2) is 10.5. The van der Waals surface area contributed by atoms with Crippen LogP contribution >= 0.6 is 23.2 Å². The highest BCUT2D eigenvalue weighted by molar-refractivity contribution is 6.35. The molecule has 1 N–H and O–H groups in total. The Bertz CT molecular complexity index is 1130. The number of nitrogens with one attached hydrogen (secondary N) is 1. The average Bonchev–Trinajstić information content (AvgIpc) is 3.47. The number of oxazole rings is 1. The van der Waals surface area contributed by atoms with Crippen LogP contribution < -0.4 is 14.8 Å². The van der Waals surface area contributed by atoms with Gasteiger partial charge in [-0.25, -0.2) is 4.98 Å². The van der Waals surface area contributed by atoms with Crippen molar-refractivity contribution >= 4 is 29.1 Å². The number of carbonyl (C=O) groups excluding carboxylic acids is 1. The standard InChI is InChI=1S/C24H25Cl2N3O4/c1-3-15(2)29(11-17-5-6-18(25)9-19(17)26)12-23-28-20(13-31-23)24(30)27-10-16-4-7-21-22(8-16)33-14-32-21/h4-9,13,15H,3,10-12,14H2,1-2H3,(H,27,30). The third-order valence-corrected chi connectivity index (χ3v) is 6.20. The number of amides is 1. The van der Waals surface area contributed by atoms with E-state index in [9.17, 15) is 4.79 Å². The third kappa shape index (κ3) is 5.79. The number of rotatable bonds is 9. The molecule has 0 saturated heterocycles. The van der Waals surface area contributed by atoms with Gasteiger partial charge in [0.05, 0.1) is 6.54 Å². The minimum atomic E-state index is -0.307. The molecular weight excluding hydrogens is 465 g/mol. The maximum atomic E-state index is 12.6. The van der Waals surface area contributed by atoms with Crippen molar-refractivity contribution in [3.05, 3.63) is 75.4 Å². The van der Waals surface area contributed by atoms with Crippen LogP contribution in [0.25, 0.3) is 0 Å². The smallest absolute Gasteiger partial charge is 0.273 e. The lowest BCUT2D eigenvalue weighted by Gasteiger charge is -2.27. The summed E-state index contributed by atoms with van der Waals surface area (Å²) in [4.78, 5) is 19.2. The predicted molar refractivity (Wildman–Crippen MR) is 126 cm³/mol. The minimum absolute atomic E-state index is 0.213. The van der Waals surface area contributed by atoms with E-state index in [4.69, 9.17) is 37.1 Å².